The highest BCUT2D eigenvalue weighted by molar-refractivity contribution is 7.98. The summed E-state index contributed by atoms with van der Waals surface area (Å²) in [4.78, 5) is 5.37. The number of thiazole rings is 1. The summed E-state index contributed by atoms with van der Waals surface area (Å²) in [6, 6.07) is 6.16. The molecular formula is C11H12N2S2. The van der Waals surface area contributed by atoms with Gasteiger partial charge in [-0.2, -0.15) is 0 Å². The molecule has 0 radical (unpaired) electrons. The van der Waals surface area contributed by atoms with Gasteiger partial charge in [0.2, 0.25) is 0 Å². The van der Waals surface area contributed by atoms with E-state index in [1.165, 1.54) is 5.56 Å². The third kappa shape index (κ3) is 2.73. The standard InChI is InChI=1S/C11H12N2S2/c1-8-2-3-10(9(12)6-8)15-7-11-13-4-5-14-11/h2-6H,7,12H2,1H3. The van der Waals surface area contributed by atoms with Crippen LogP contribution in [0.15, 0.2) is 34.7 Å². The van der Waals surface area contributed by atoms with Crippen molar-refractivity contribution in [3.05, 3.63) is 40.3 Å². The van der Waals surface area contributed by atoms with Crippen molar-refractivity contribution in [1.29, 1.82) is 0 Å². The lowest BCUT2D eigenvalue weighted by Gasteiger charge is -2.04. The Hall–Kier alpha value is -1.00. The van der Waals surface area contributed by atoms with Crippen LogP contribution >= 0.6 is 23.1 Å². The van der Waals surface area contributed by atoms with Crippen LogP contribution in [-0.2, 0) is 5.75 Å². The van der Waals surface area contributed by atoms with Crippen LogP contribution in [-0.4, -0.2) is 4.98 Å². The molecule has 0 aliphatic heterocycles. The Morgan fingerprint density at radius 1 is 1.47 bits per heavy atom. The van der Waals surface area contributed by atoms with Crippen molar-refractivity contribution < 1.29 is 0 Å². The van der Waals surface area contributed by atoms with Crippen molar-refractivity contribution in [2.75, 3.05) is 5.73 Å². The second kappa shape index (κ2) is 4.68. The van der Waals surface area contributed by atoms with Crippen LogP contribution in [0.25, 0.3) is 0 Å². The van der Waals surface area contributed by atoms with Gasteiger partial charge in [-0.05, 0) is 24.6 Å². The molecule has 2 N–H and O–H groups in total. The highest BCUT2D eigenvalue weighted by atomic mass is 32.2. The lowest BCUT2D eigenvalue weighted by molar-refractivity contribution is 1.26. The van der Waals surface area contributed by atoms with E-state index in [-0.39, 0.29) is 0 Å². The van der Waals surface area contributed by atoms with Crippen molar-refractivity contribution in [1.82, 2.24) is 4.98 Å². The maximum atomic E-state index is 5.92. The largest absolute Gasteiger partial charge is 0.398 e. The van der Waals surface area contributed by atoms with Gasteiger partial charge < -0.3 is 5.73 Å². The van der Waals surface area contributed by atoms with E-state index in [1.807, 2.05) is 24.6 Å². The number of thioether (sulfide) groups is 1. The second-order valence-corrected chi connectivity index (χ2v) is 5.25. The maximum Gasteiger partial charge on any atom is 0.103 e. The van der Waals surface area contributed by atoms with Gasteiger partial charge in [-0.25, -0.2) is 4.98 Å². The molecule has 15 heavy (non-hydrogen) atoms. The molecule has 2 rings (SSSR count). The van der Waals surface area contributed by atoms with Crippen LogP contribution in [0.2, 0.25) is 0 Å². The van der Waals surface area contributed by atoms with Crippen LogP contribution in [0.4, 0.5) is 5.69 Å². The summed E-state index contributed by atoms with van der Waals surface area (Å²) in [6.07, 6.45) is 1.83. The minimum atomic E-state index is 0.858. The Balaban J connectivity index is 2.05. The fraction of sp³-hybridized carbons (Fsp3) is 0.182. The Bertz CT molecular complexity index is 438. The zero-order valence-corrected chi connectivity index (χ0v) is 10.1. The van der Waals surface area contributed by atoms with Gasteiger partial charge in [0.15, 0.2) is 0 Å². The smallest absolute Gasteiger partial charge is 0.103 e. The highest BCUT2D eigenvalue weighted by Gasteiger charge is 2.02. The SMILES string of the molecule is Cc1ccc(SCc2nccs2)c(N)c1. The van der Waals surface area contributed by atoms with Gasteiger partial charge in [0.25, 0.3) is 0 Å². The molecule has 2 aromatic rings. The molecule has 78 valence electrons. The first kappa shape index (κ1) is 10.5. The van der Waals surface area contributed by atoms with E-state index < -0.39 is 0 Å². The lowest BCUT2D eigenvalue weighted by Crippen LogP contribution is -1.89. The Kier molecular flexibility index (Phi) is 3.28. The Labute approximate surface area is 97.5 Å². The summed E-state index contributed by atoms with van der Waals surface area (Å²) in [5.74, 6) is 0.894. The number of aromatic nitrogens is 1. The predicted octanol–water partition coefficient (Wildman–Crippen LogP) is 3.33. The van der Waals surface area contributed by atoms with Gasteiger partial charge in [0, 0.05) is 22.2 Å². The first-order valence-corrected chi connectivity index (χ1v) is 6.49. The summed E-state index contributed by atoms with van der Waals surface area (Å²) >= 11 is 3.41. The van der Waals surface area contributed by atoms with E-state index in [9.17, 15) is 0 Å². The average Bonchev–Trinajstić information content (AvgIpc) is 2.69. The number of hydrogen-bond donors (Lipinski definition) is 1. The summed E-state index contributed by atoms with van der Waals surface area (Å²) in [5.41, 5.74) is 7.98. The third-order valence-corrected chi connectivity index (χ3v) is 4.06. The van der Waals surface area contributed by atoms with Gasteiger partial charge in [0.05, 0.1) is 5.75 Å². The van der Waals surface area contributed by atoms with Gasteiger partial charge in [-0.1, -0.05) is 6.07 Å². The minimum absolute atomic E-state index is 0.858. The number of benzene rings is 1. The van der Waals surface area contributed by atoms with Crippen molar-refractivity contribution in [2.45, 2.75) is 17.6 Å². The number of hydrogen-bond acceptors (Lipinski definition) is 4. The van der Waals surface area contributed by atoms with Crippen LogP contribution in [0.1, 0.15) is 10.6 Å². The molecule has 0 fully saturated rings. The third-order valence-electron chi connectivity index (χ3n) is 2.00. The normalized spacial score (nSPS) is 10.5. The second-order valence-electron chi connectivity index (χ2n) is 3.26. The molecule has 1 aromatic carbocycles. The number of nitrogen functional groups attached to an aromatic ring is 1. The molecule has 0 bridgehead atoms. The topological polar surface area (TPSA) is 38.9 Å². The van der Waals surface area contributed by atoms with Gasteiger partial charge in [-0.15, -0.1) is 23.1 Å². The number of nitrogens with two attached hydrogens (primary N) is 1. The minimum Gasteiger partial charge on any atom is -0.398 e. The fourth-order valence-corrected chi connectivity index (χ4v) is 2.86. The molecule has 0 amide bonds. The quantitative estimate of drug-likeness (QED) is 0.656. The molecule has 0 saturated carbocycles. The van der Waals surface area contributed by atoms with Crippen LogP contribution in [0.5, 0.6) is 0 Å². The van der Waals surface area contributed by atoms with Crippen LogP contribution < -0.4 is 5.73 Å². The molecule has 1 aromatic heterocycles. The van der Waals surface area contributed by atoms with Crippen LogP contribution in [0.3, 0.4) is 0 Å². The van der Waals surface area contributed by atoms with E-state index in [0.717, 1.165) is 21.3 Å². The van der Waals surface area contributed by atoms with E-state index in [2.05, 4.69) is 17.1 Å². The van der Waals surface area contributed by atoms with Crippen molar-refractivity contribution in [3.8, 4) is 0 Å². The predicted molar refractivity (Wildman–Crippen MR) is 67.3 cm³/mol. The zero-order valence-electron chi connectivity index (χ0n) is 8.43. The molecule has 1 heterocycles. The summed E-state index contributed by atoms with van der Waals surface area (Å²) in [5, 5.41) is 3.13. The first-order valence-electron chi connectivity index (χ1n) is 4.63. The highest BCUT2D eigenvalue weighted by Crippen LogP contribution is 2.29. The molecule has 0 atom stereocenters. The molecular weight excluding hydrogens is 224 g/mol. The number of aryl methyl sites for hydroxylation is 1. The van der Waals surface area contributed by atoms with E-state index in [1.54, 1.807) is 23.1 Å². The number of anilines is 1. The molecule has 0 spiro atoms. The summed E-state index contributed by atoms with van der Waals surface area (Å²) in [6.45, 7) is 2.05. The van der Waals surface area contributed by atoms with Crippen molar-refractivity contribution in [2.24, 2.45) is 0 Å². The zero-order chi connectivity index (χ0) is 10.7. The molecule has 0 aliphatic carbocycles. The maximum absolute atomic E-state index is 5.92. The molecule has 0 aliphatic rings. The van der Waals surface area contributed by atoms with Gasteiger partial charge in [-0.3, -0.25) is 0 Å². The average molecular weight is 236 g/mol. The van der Waals surface area contributed by atoms with E-state index in [0.29, 0.717) is 0 Å². The van der Waals surface area contributed by atoms with E-state index in [4.69, 9.17) is 5.73 Å². The monoisotopic (exact) mass is 236 g/mol. The number of nitrogens with zero attached hydrogens (tertiary/aromatic N) is 1. The van der Waals surface area contributed by atoms with Crippen molar-refractivity contribution >= 4 is 28.8 Å². The molecule has 4 heteroatoms. The molecule has 0 saturated heterocycles. The fourth-order valence-electron chi connectivity index (χ4n) is 1.26. The molecule has 0 unspecified atom stereocenters. The Morgan fingerprint density at radius 2 is 2.33 bits per heavy atom. The van der Waals surface area contributed by atoms with E-state index >= 15 is 0 Å². The van der Waals surface area contributed by atoms with Crippen molar-refractivity contribution in [3.63, 3.8) is 0 Å². The molecule has 2 nitrogen and oxygen atoms in total. The Morgan fingerprint density at radius 3 is 3.00 bits per heavy atom. The summed E-state index contributed by atoms with van der Waals surface area (Å²) in [7, 11) is 0. The van der Waals surface area contributed by atoms with Gasteiger partial charge in [0.1, 0.15) is 5.01 Å². The van der Waals surface area contributed by atoms with Crippen LogP contribution in [0, 0.1) is 6.92 Å². The lowest BCUT2D eigenvalue weighted by atomic mass is 10.2. The number of rotatable bonds is 3. The first-order chi connectivity index (χ1) is 7.25. The van der Waals surface area contributed by atoms with Gasteiger partial charge >= 0.3 is 0 Å². The summed E-state index contributed by atoms with van der Waals surface area (Å²) < 4.78 is 0.